The highest BCUT2D eigenvalue weighted by molar-refractivity contribution is 7.16. The van der Waals surface area contributed by atoms with Crippen LogP contribution in [0.1, 0.15) is 17.4 Å². The van der Waals surface area contributed by atoms with Gasteiger partial charge in [0.05, 0.1) is 29.3 Å². The van der Waals surface area contributed by atoms with Crippen LogP contribution in [0.2, 0.25) is 0 Å². The van der Waals surface area contributed by atoms with Crippen LogP contribution in [-0.2, 0) is 17.5 Å². The van der Waals surface area contributed by atoms with E-state index in [0.717, 1.165) is 17.7 Å². The summed E-state index contributed by atoms with van der Waals surface area (Å²) in [6.45, 7) is 2.10. The Kier molecular flexibility index (Phi) is 6.32. The zero-order chi connectivity index (χ0) is 20.9. The van der Waals surface area contributed by atoms with Gasteiger partial charge in [0.1, 0.15) is 0 Å². The maximum Gasteiger partial charge on any atom is 0.416 e. The number of carbonyl (C=O) groups excluding carboxylic acids is 1. The van der Waals surface area contributed by atoms with E-state index in [4.69, 9.17) is 4.74 Å². The number of alkyl halides is 3. The molecule has 10 heteroatoms. The zero-order valence-corrected chi connectivity index (χ0v) is 16.1. The van der Waals surface area contributed by atoms with E-state index < -0.39 is 17.8 Å². The van der Waals surface area contributed by atoms with Crippen LogP contribution in [0.3, 0.4) is 0 Å². The largest absolute Gasteiger partial charge is 0.450 e. The summed E-state index contributed by atoms with van der Waals surface area (Å²) in [4.78, 5) is 20.9. The molecule has 0 aliphatic heterocycles. The van der Waals surface area contributed by atoms with Crippen LogP contribution < -0.4 is 10.6 Å². The molecule has 2 heterocycles. The number of thiazole rings is 1. The summed E-state index contributed by atoms with van der Waals surface area (Å²) in [5, 5.41) is 5.92. The van der Waals surface area contributed by atoms with Crippen molar-refractivity contribution >= 4 is 28.2 Å². The molecule has 0 fully saturated rings. The van der Waals surface area contributed by atoms with Crippen molar-refractivity contribution in [3.05, 3.63) is 59.2 Å². The highest BCUT2D eigenvalue weighted by atomic mass is 32.1. The highest BCUT2D eigenvalue weighted by Crippen LogP contribution is 2.34. The van der Waals surface area contributed by atoms with Crippen molar-refractivity contribution in [1.29, 1.82) is 0 Å². The second kappa shape index (κ2) is 8.91. The van der Waals surface area contributed by atoms with Crippen molar-refractivity contribution in [2.75, 3.05) is 11.9 Å². The predicted molar refractivity (Wildman–Crippen MR) is 104 cm³/mol. The summed E-state index contributed by atoms with van der Waals surface area (Å²) in [6.07, 6.45) is -1.76. The molecular weight excluding hydrogens is 405 g/mol. The lowest BCUT2D eigenvalue weighted by molar-refractivity contribution is -0.137. The summed E-state index contributed by atoms with van der Waals surface area (Å²) in [6, 6.07) is 8.42. The number of nitrogens with one attached hydrogen (secondary N) is 2. The smallest absolute Gasteiger partial charge is 0.416 e. The Labute approximate surface area is 168 Å². The number of benzene rings is 1. The van der Waals surface area contributed by atoms with Gasteiger partial charge in [-0.3, -0.25) is 4.98 Å². The van der Waals surface area contributed by atoms with Gasteiger partial charge in [-0.15, -0.1) is 0 Å². The molecule has 6 nitrogen and oxygen atoms in total. The number of carbonyl (C=O) groups is 1. The van der Waals surface area contributed by atoms with Crippen LogP contribution in [0, 0.1) is 0 Å². The lowest BCUT2D eigenvalue weighted by Gasteiger charge is -2.08. The SMILES string of the molecule is CCOC(=O)NCc1sc(Nc2cccc(C(F)(F)F)c2)nc1-c1cccnc1. The summed E-state index contributed by atoms with van der Waals surface area (Å²) in [5.41, 5.74) is 0.808. The van der Waals surface area contributed by atoms with E-state index in [0.29, 0.717) is 15.7 Å². The molecule has 0 atom stereocenters. The van der Waals surface area contributed by atoms with E-state index in [2.05, 4.69) is 20.6 Å². The molecule has 0 radical (unpaired) electrons. The third-order valence-corrected chi connectivity index (χ3v) is 4.71. The van der Waals surface area contributed by atoms with E-state index in [1.807, 2.05) is 6.07 Å². The van der Waals surface area contributed by atoms with E-state index >= 15 is 0 Å². The number of hydrogen-bond acceptors (Lipinski definition) is 6. The number of halogens is 3. The molecule has 0 saturated carbocycles. The van der Waals surface area contributed by atoms with Gasteiger partial charge in [0.2, 0.25) is 0 Å². The molecule has 0 spiro atoms. The predicted octanol–water partition coefficient (Wildman–Crippen LogP) is 5.21. The average Bonchev–Trinajstić information content (AvgIpc) is 3.09. The number of alkyl carbamates (subject to hydrolysis) is 1. The molecule has 2 aromatic heterocycles. The van der Waals surface area contributed by atoms with Gasteiger partial charge in [0, 0.05) is 23.6 Å². The fourth-order valence-corrected chi connectivity index (χ4v) is 3.43. The third-order valence-electron chi connectivity index (χ3n) is 3.74. The second-order valence-electron chi connectivity index (χ2n) is 5.81. The van der Waals surface area contributed by atoms with E-state index in [1.165, 1.54) is 23.5 Å². The normalized spacial score (nSPS) is 11.2. The number of anilines is 2. The molecule has 1 amide bonds. The Bertz CT molecular complexity index is 977. The second-order valence-corrected chi connectivity index (χ2v) is 6.89. The van der Waals surface area contributed by atoms with Crippen LogP contribution in [0.25, 0.3) is 11.3 Å². The van der Waals surface area contributed by atoms with Crippen LogP contribution >= 0.6 is 11.3 Å². The number of pyridine rings is 1. The lowest BCUT2D eigenvalue weighted by atomic mass is 10.2. The Morgan fingerprint density at radius 1 is 1.24 bits per heavy atom. The number of ether oxygens (including phenoxy) is 1. The minimum Gasteiger partial charge on any atom is -0.450 e. The molecule has 0 saturated heterocycles. The number of rotatable bonds is 6. The van der Waals surface area contributed by atoms with E-state index in [1.54, 1.807) is 25.4 Å². The van der Waals surface area contributed by atoms with Crippen molar-refractivity contribution < 1.29 is 22.7 Å². The topological polar surface area (TPSA) is 76.1 Å². The number of nitrogens with zero attached hydrogens (tertiary/aromatic N) is 2. The molecule has 1 aromatic carbocycles. The standard InChI is InChI=1S/C19H17F3N4O2S/c1-2-28-18(27)24-11-15-16(12-5-4-8-23-10-12)26-17(29-15)25-14-7-3-6-13(9-14)19(20,21)22/h3-10H,2,11H2,1H3,(H,24,27)(H,25,26). The number of amides is 1. The molecule has 3 rings (SSSR count). The van der Waals surface area contributed by atoms with Gasteiger partial charge in [0.25, 0.3) is 0 Å². The van der Waals surface area contributed by atoms with E-state index in [9.17, 15) is 18.0 Å². The first kappa shape index (κ1) is 20.6. The molecule has 0 aliphatic rings. The zero-order valence-electron chi connectivity index (χ0n) is 15.3. The molecule has 2 N–H and O–H groups in total. The van der Waals surface area contributed by atoms with Crippen molar-refractivity contribution in [3.8, 4) is 11.3 Å². The van der Waals surface area contributed by atoms with Crippen LogP contribution in [0.4, 0.5) is 28.8 Å². The van der Waals surface area contributed by atoms with Crippen LogP contribution in [0.5, 0.6) is 0 Å². The highest BCUT2D eigenvalue weighted by Gasteiger charge is 2.30. The maximum atomic E-state index is 12.9. The molecule has 0 bridgehead atoms. The molecule has 0 unspecified atom stereocenters. The summed E-state index contributed by atoms with van der Waals surface area (Å²) in [7, 11) is 0. The third kappa shape index (κ3) is 5.44. The molecule has 3 aromatic rings. The van der Waals surface area contributed by atoms with Crippen LogP contribution in [0.15, 0.2) is 48.8 Å². The first-order valence-corrected chi connectivity index (χ1v) is 9.43. The fourth-order valence-electron chi connectivity index (χ4n) is 2.48. The van der Waals surface area contributed by atoms with Gasteiger partial charge < -0.3 is 15.4 Å². The van der Waals surface area contributed by atoms with Gasteiger partial charge in [-0.25, -0.2) is 9.78 Å². The average molecular weight is 422 g/mol. The quantitative estimate of drug-likeness (QED) is 0.570. The minimum absolute atomic E-state index is 0.158. The minimum atomic E-state index is -4.43. The van der Waals surface area contributed by atoms with Gasteiger partial charge in [-0.1, -0.05) is 17.4 Å². The molecule has 152 valence electrons. The number of aromatic nitrogens is 2. The van der Waals surface area contributed by atoms with Gasteiger partial charge >= 0.3 is 12.3 Å². The van der Waals surface area contributed by atoms with Gasteiger partial charge in [-0.2, -0.15) is 13.2 Å². The molecular formula is C19H17F3N4O2S. The van der Waals surface area contributed by atoms with Crippen molar-refractivity contribution in [2.24, 2.45) is 0 Å². The maximum absolute atomic E-state index is 12.9. The monoisotopic (exact) mass is 422 g/mol. The van der Waals surface area contributed by atoms with Crippen molar-refractivity contribution in [2.45, 2.75) is 19.6 Å². The Morgan fingerprint density at radius 3 is 2.76 bits per heavy atom. The van der Waals surface area contributed by atoms with Crippen molar-refractivity contribution in [3.63, 3.8) is 0 Å². The fraction of sp³-hybridized carbons (Fsp3) is 0.211. The number of hydrogen-bond donors (Lipinski definition) is 2. The summed E-state index contributed by atoms with van der Waals surface area (Å²) in [5.74, 6) is 0. The van der Waals surface area contributed by atoms with Crippen LogP contribution in [-0.4, -0.2) is 22.7 Å². The first-order chi connectivity index (χ1) is 13.9. The Hall–Kier alpha value is -3.14. The Morgan fingerprint density at radius 2 is 2.07 bits per heavy atom. The Balaban J connectivity index is 1.87. The van der Waals surface area contributed by atoms with Crippen molar-refractivity contribution in [1.82, 2.24) is 15.3 Å². The summed E-state index contributed by atoms with van der Waals surface area (Å²) < 4.78 is 43.7. The summed E-state index contributed by atoms with van der Waals surface area (Å²) >= 11 is 1.22. The van der Waals surface area contributed by atoms with E-state index in [-0.39, 0.29) is 18.8 Å². The van der Waals surface area contributed by atoms with Gasteiger partial charge in [0.15, 0.2) is 5.13 Å². The molecule has 29 heavy (non-hydrogen) atoms. The first-order valence-electron chi connectivity index (χ1n) is 8.62. The lowest BCUT2D eigenvalue weighted by Crippen LogP contribution is -2.23. The molecule has 0 aliphatic carbocycles. The van der Waals surface area contributed by atoms with Gasteiger partial charge in [-0.05, 0) is 37.3 Å².